The van der Waals surface area contributed by atoms with Crippen molar-refractivity contribution in [2.75, 3.05) is 38.2 Å². The largest absolute Gasteiger partial charge is 0.497 e. The molecule has 1 fully saturated rings. The second kappa shape index (κ2) is 10.6. The Labute approximate surface area is 208 Å². The van der Waals surface area contributed by atoms with Gasteiger partial charge >= 0.3 is 6.18 Å². The molecule has 2 aromatic carbocycles. The molecule has 3 aromatic rings. The fraction of sp³-hybridized carbons (Fsp3) is 0.370. The van der Waals surface area contributed by atoms with Gasteiger partial charge in [-0.1, -0.05) is 18.2 Å². The summed E-state index contributed by atoms with van der Waals surface area (Å²) >= 11 is 0. The maximum Gasteiger partial charge on any atom is 0.416 e. The summed E-state index contributed by atoms with van der Waals surface area (Å²) in [5.41, 5.74) is 2.24. The number of methoxy groups -OCH3 is 1. The number of aromatic nitrogens is 2. The van der Waals surface area contributed by atoms with Crippen molar-refractivity contribution in [3.05, 3.63) is 82.3 Å². The van der Waals surface area contributed by atoms with Gasteiger partial charge in [0.15, 0.2) is 0 Å². The van der Waals surface area contributed by atoms with Crippen LogP contribution in [0, 0.1) is 13.8 Å². The van der Waals surface area contributed by atoms with E-state index in [9.17, 15) is 18.0 Å². The Kier molecular flexibility index (Phi) is 7.47. The van der Waals surface area contributed by atoms with Crippen molar-refractivity contribution in [2.45, 2.75) is 32.9 Å². The average Bonchev–Trinajstić information content (AvgIpc) is 3.11. The number of ether oxygens (including phenoxy) is 1. The lowest BCUT2D eigenvalue weighted by Gasteiger charge is -2.26. The summed E-state index contributed by atoms with van der Waals surface area (Å²) in [7, 11) is 1.63. The molecule has 6 nitrogen and oxygen atoms in total. The number of rotatable bonds is 5. The molecule has 0 radical (unpaired) electrons. The smallest absolute Gasteiger partial charge is 0.416 e. The molecule has 1 amide bonds. The topological polar surface area (TPSA) is 58.6 Å². The van der Waals surface area contributed by atoms with Crippen molar-refractivity contribution in [1.82, 2.24) is 14.9 Å². The normalized spacial score (nSPS) is 14.5. The SMILES string of the molecule is COc1ccc(Cc2c(C)nc(C)nc2N2CCCN(C(=O)c3cccc(C(F)(F)F)c3)CC2)cc1. The Balaban J connectivity index is 1.54. The minimum absolute atomic E-state index is 0.0483. The number of carbonyl (C=O) groups excluding carboxylic acids is 1. The highest BCUT2D eigenvalue weighted by molar-refractivity contribution is 5.94. The standard InChI is InChI=1S/C27H29F3N4O2/c1-18-24(16-20-8-10-23(36-3)11-9-20)25(32-19(2)31-18)33-12-5-13-34(15-14-33)26(35)21-6-4-7-22(17-21)27(28,29)30/h4,6-11,17H,5,12-16H2,1-3H3. The third-order valence-electron chi connectivity index (χ3n) is 6.36. The summed E-state index contributed by atoms with van der Waals surface area (Å²) in [6.07, 6.45) is -3.17. The second-order valence-electron chi connectivity index (χ2n) is 8.89. The van der Waals surface area contributed by atoms with Gasteiger partial charge in [0, 0.05) is 49.4 Å². The molecule has 2 heterocycles. The van der Waals surface area contributed by atoms with E-state index >= 15 is 0 Å². The van der Waals surface area contributed by atoms with Gasteiger partial charge in [0.2, 0.25) is 0 Å². The molecule has 0 bridgehead atoms. The molecule has 0 unspecified atom stereocenters. The molecule has 4 rings (SSSR count). The van der Waals surface area contributed by atoms with Crippen LogP contribution in [0.3, 0.4) is 0 Å². The van der Waals surface area contributed by atoms with E-state index < -0.39 is 17.6 Å². The van der Waals surface area contributed by atoms with Crippen LogP contribution in [-0.2, 0) is 12.6 Å². The minimum atomic E-state index is -4.49. The van der Waals surface area contributed by atoms with E-state index in [2.05, 4.69) is 9.88 Å². The molecule has 1 aliphatic heterocycles. The van der Waals surface area contributed by atoms with E-state index in [0.717, 1.165) is 40.5 Å². The van der Waals surface area contributed by atoms with Crippen LogP contribution in [0.1, 0.15) is 45.0 Å². The Hall–Kier alpha value is -3.62. The van der Waals surface area contributed by atoms with Crippen LogP contribution in [0.15, 0.2) is 48.5 Å². The molecule has 9 heteroatoms. The number of amides is 1. The van der Waals surface area contributed by atoms with Gasteiger partial charge in [-0.25, -0.2) is 9.97 Å². The quantitative estimate of drug-likeness (QED) is 0.492. The van der Waals surface area contributed by atoms with Crippen molar-refractivity contribution in [2.24, 2.45) is 0 Å². The van der Waals surface area contributed by atoms with Crippen LogP contribution in [0.4, 0.5) is 19.0 Å². The first-order valence-electron chi connectivity index (χ1n) is 11.8. The molecular formula is C27H29F3N4O2. The molecule has 36 heavy (non-hydrogen) atoms. The molecule has 0 N–H and O–H groups in total. The second-order valence-corrected chi connectivity index (χ2v) is 8.89. The number of nitrogens with zero attached hydrogens (tertiary/aromatic N) is 4. The van der Waals surface area contributed by atoms with Crippen molar-refractivity contribution in [1.29, 1.82) is 0 Å². The number of carbonyl (C=O) groups is 1. The summed E-state index contributed by atoms with van der Waals surface area (Å²) in [4.78, 5) is 26.2. The Morgan fingerprint density at radius 1 is 1.00 bits per heavy atom. The van der Waals surface area contributed by atoms with Gasteiger partial charge in [-0.05, 0) is 56.2 Å². The lowest BCUT2D eigenvalue weighted by atomic mass is 10.0. The Morgan fingerprint density at radius 2 is 1.75 bits per heavy atom. The summed E-state index contributed by atoms with van der Waals surface area (Å²) in [6.45, 7) is 5.88. The van der Waals surface area contributed by atoms with Crippen LogP contribution in [0.25, 0.3) is 0 Å². The lowest BCUT2D eigenvalue weighted by molar-refractivity contribution is -0.137. The van der Waals surface area contributed by atoms with E-state index in [4.69, 9.17) is 9.72 Å². The van der Waals surface area contributed by atoms with Crippen LogP contribution in [0.5, 0.6) is 5.75 Å². The Morgan fingerprint density at radius 3 is 2.44 bits per heavy atom. The monoisotopic (exact) mass is 498 g/mol. The van der Waals surface area contributed by atoms with Crippen molar-refractivity contribution < 1.29 is 22.7 Å². The number of aryl methyl sites for hydroxylation is 2. The molecule has 1 saturated heterocycles. The summed E-state index contributed by atoms with van der Waals surface area (Å²) in [6, 6.07) is 12.5. The molecule has 1 aliphatic rings. The van der Waals surface area contributed by atoms with Crippen molar-refractivity contribution >= 4 is 11.7 Å². The summed E-state index contributed by atoms with van der Waals surface area (Å²) in [5, 5.41) is 0. The molecule has 0 spiro atoms. The first kappa shape index (κ1) is 25.5. The number of hydrogen-bond donors (Lipinski definition) is 0. The highest BCUT2D eigenvalue weighted by atomic mass is 19.4. The summed E-state index contributed by atoms with van der Waals surface area (Å²) < 4.78 is 44.6. The zero-order chi connectivity index (χ0) is 25.9. The van der Waals surface area contributed by atoms with Crippen LogP contribution < -0.4 is 9.64 Å². The zero-order valence-electron chi connectivity index (χ0n) is 20.6. The maximum absolute atomic E-state index is 13.1. The van der Waals surface area contributed by atoms with Crippen LogP contribution in [-0.4, -0.2) is 54.1 Å². The predicted molar refractivity (Wildman–Crippen MR) is 131 cm³/mol. The molecule has 0 saturated carbocycles. The highest BCUT2D eigenvalue weighted by Gasteiger charge is 2.31. The van der Waals surface area contributed by atoms with Crippen molar-refractivity contribution in [3.63, 3.8) is 0 Å². The van der Waals surface area contributed by atoms with Gasteiger partial charge in [-0.2, -0.15) is 13.2 Å². The van der Waals surface area contributed by atoms with Gasteiger partial charge in [0.05, 0.1) is 12.7 Å². The van der Waals surface area contributed by atoms with Gasteiger partial charge < -0.3 is 14.5 Å². The van der Waals surface area contributed by atoms with Crippen LogP contribution >= 0.6 is 0 Å². The number of anilines is 1. The van der Waals surface area contributed by atoms with E-state index in [1.165, 1.54) is 12.1 Å². The predicted octanol–water partition coefficient (Wildman–Crippen LogP) is 5.06. The van der Waals surface area contributed by atoms with E-state index in [1.807, 2.05) is 38.1 Å². The number of halogens is 3. The zero-order valence-corrected chi connectivity index (χ0v) is 20.6. The fourth-order valence-corrected chi connectivity index (χ4v) is 4.48. The Bertz CT molecular complexity index is 1230. The van der Waals surface area contributed by atoms with Gasteiger partial charge in [0.25, 0.3) is 5.91 Å². The van der Waals surface area contributed by atoms with E-state index in [0.29, 0.717) is 44.8 Å². The number of alkyl halides is 3. The first-order valence-corrected chi connectivity index (χ1v) is 11.8. The molecule has 0 atom stereocenters. The van der Waals surface area contributed by atoms with Crippen molar-refractivity contribution in [3.8, 4) is 5.75 Å². The molecular weight excluding hydrogens is 469 g/mol. The highest BCUT2D eigenvalue weighted by Crippen LogP contribution is 2.30. The van der Waals surface area contributed by atoms with E-state index in [-0.39, 0.29) is 5.56 Å². The fourth-order valence-electron chi connectivity index (χ4n) is 4.48. The summed E-state index contributed by atoms with van der Waals surface area (Å²) in [5.74, 6) is 1.90. The molecule has 190 valence electrons. The maximum atomic E-state index is 13.1. The number of benzene rings is 2. The average molecular weight is 499 g/mol. The minimum Gasteiger partial charge on any atom is -0.497 e. The van der Waals surface area contributed by atoms with Gasteiger partial charge in [0.1, 0.15) is 17.4 Å². The van der Waals surface area contributed by atoms with Gasteiger partial charge in [-0.3, -0.25) is 4.79 Å². The number of hydrogen-bond acceptors (Lipinski definition) is 5. The lowest BCUT2D eigenvalue weighted by Crippen LogP contribution is -2.36. The molecule has 0 aliphatic carbocycles. The van der Waals surface area contributed by atoms with E-state index in [1.54, 1.807) is 12.0 Å². The third kappa shape index (κ3) is 5.78. The molecule has 1 aromatic heterocycles. The van der Waals surface area contributed by atoms with Crippen LogP contribution in [0.2, 0.25) is 0 Å². The first-order chi connectivity index (χ1) is 17.2. The third-order valence-corrected chi connectivity index (χ3v) is 6.36. The van der Waals surface area contributed by atoms with Gasteiger partial charge in [-0.15, -0.1) is 0 Å².